The summed E-state index contributed by atoms with van der Waals surface area (Å²) in [5, 5.41) is 4.21. The lowest BCUT2D eigenvalue weighted by molar-refractivity contribution is 0.612. The normalized spacial score (nSPS) is 12.5. The zero-order valence-corrected chi connectivity index (χ0v) is 12.7. The van der Waals surface area contributed by atoms with Crippen molar-refractivity contribution in [2.24, 2.45) is 0 Å². The minimum atomic E-state index is 0.536. The Morgan fingerprint density at radius 1 is 1.33 bits per heavy atom. The Morgan fingerprint density at radius 2 is 2.06 bits per heavy atom. The molecule has 0 heterocycles. The van der Waals surface area contributed by atoms with E-state index < -0.39 is 0 Å². The van der Waals surface area contributed by atoms with Crippen molar-refractivity contribution in [1.29, 1.82) is 0 Å². The van der Waals surface area contributed by atoms with Crippen molar-refractivity contribution < 1.29 is 0 Å². The van der Waals surface area contributed by atoms with E-state index in [1.54, 1.807) is 0 Å². The SMILES string of the molecule is CCCC(C)N(C)c1cccc(Cl)c1CNCC. The second kappa shape index (κ2) is 7.65. The largest absolute Gasteiger partial charge is 0.372 e. The van der Waals surface area contributed by atoms with Gasteiger partial charge in [-0.15, -0.1) is 0 Å². The molecule has 0 saturated carbocycles. The van der Waals surface area contributed by atoms with Crippen molar-refractivity contribution in [2.45, 2.75) is 46.2 Å². The van der Waals surface area contributed by atoms with E-state index in [1.165, 1.54) is 24.1 Å². The summed E-state index contributed by atoms with van der Waals surface area (Å²) in [7, 11) is 2.15. The lowest BCUT2D eigenvalue weighted by Gasteiger charge is -2.29. The number of nitrogens with one attached hydrogen (secondary N) is 1. The molecule has 0 spiro atoms. The predicted molar refractivity (Wildman–Crippen MR) is 81.6 cm³/mol. The highest BCUT2D eigenvalue weighted by atomic mass is 35.5. The Kier molecular flexibility index (Phi) is 6.51. The topological polar surface area (TPSA) is 15.3 Å². The number of anilines is 1. The molecule has 1 atom stereocenters. The maximum atomic E-state index is 6.32. The molecule has 0 amide bonds. The predicted octanol–water partition coefficient (Wildman–Crippen LogP) is 4.07. The zero-order chi connectivity index (χ0) is 13.5. The summed E-state index contributed by atoms with van der Waals surface area (Å²) in [5.41, 5.74) is 2.44. The number of hydrogen-bond acceptors (Lipinski definition) is 2. The van der Waals surface area contributed by atoms with E-state index in [9.17, 15) is 0 Å². The third-order valence-electron chi connectivity index (χ3n) is 3.39. The molecular weight excluding hydrogens is 244 g/mol. The average Bonchev–Trinajstić information content (AvgIpc) is 2.36. The molecule has 1 aromatic carbocycles. The van der Waals surface area contributed by atoms with Crippen LogP contribution < -0.4 is 10.2 Å². The number of benzene rings is 1. The first kappa shape index (κ1) is 15.3. The minimum absolute atomic E-state index is 0.536. The van der Waals surface area contributed by atoms with Crippen LogP contribution in [0.5, 0.6) is 0 Å². The fourth-order valence-corrected chi connectivity index (χ4v) is 2.39. The van der Waals surface area contributed by atoms with Gasteiger partial charge in [-0.2, -0.15) is 0 Å². The first-order valence-electron chi connectivity index (χ1n) is 6.82. The molecule has 0 aliphatic heterocycles. The summed E-state index contributed by atoms with van der Waals surface area (Å²) in [4.78, 5) is 2.34. The number of nitrogens with zero attached hydrogens (tertiary/aromatic N) is 1. The van der Waals surface area contributed by atoms with Gasteiger partial charge in [0.25, 0.3) is 0 Å². The first-order valence-corrected chi connectivity index (χ1v) is 7.20. The summed E-state index contributed by atoms with van der Waals surface area (Å²) in [6, 6.07) is 6.69. The van der Waals surface area contributed by atoms with Gasteiger partial charge in [-0.25, -0.2) is 0 Å². The molecule has 0 saturated heterocycles. The van der Waals surface area contributed by atoms with E-state index in [1.807, 2.05) is 12.1 Å². The Hall–Kier alpha value is -0.730. The minimum Gasteiger partial charge on any atom is -0.372 e. The van der Waals surface area contributed by atoms with Crippen molar-refractivity contribution in [1.82, 2.24) is 5.32 Å². The van der Waals surface area contributed by atoms with E-state index in [2.05, 4.69) is 44.1 Å². The maximum Gasteiger partial charge on any atom is 0.0471 e. The first-order chi connectivity index (χ1) is 8.61. The molecule has 1 aromatic rings. The Balaban J connectivity index is 2.95. The van der Waals surface area contributed by atoms with Crippen LogP contribution in [0.15, 0.2) is 18.2 Å². The molecule has 0 radical (unpaired) electrons. The molecule has 0 aromatic heterocycles. The lowest BCUT2D eigenvalue weighted by atomic mass is 10.1. The molecular formula is C15H25ClN2. The molecule has 1 rings (SSSR count). The second-order valence-corrected chi connectivity index (χ2v) is 5.17. The molecule has 0 aliphatic carbocycles. The monoisotopic (exact) mass is 268 g/mol. The summed E-state index contributed by atoms with van der Waals surface area (Å²) in [5.74, 6) is 0. The quantitative estimate of drug-likeness (QED) is 0.802. The highest BCUT2D eigenvalue weighted by molar-refractivity contribution is 6.31. The van der Waals surface area contributed by atoms with Crippen LogP contribution in [-0.2, 0) is 6.54 Å². The Bertz CT molecular complexity index is 366. The van der Waals surface area contributed by atoms with Gasteiger partial charge in [0.1, 0.15) is 0 Å². The molecule has 0 bridgehead atoms. The Labute approximate surface area is 116 Å². The van der Waals surface area contributed by atoms with Gasteiger partial charge in [0.15, 0.2) is 0 Å². The second-order valence-electron chi connectivity index (χ2n) is 4.77. The van der Waals surface area contributed by atoms with Crippen LogP contribution in [0.4, 0.5) is 5.69 Å². The highest BCUT2D eigenvalue weighted by Gasteiger charge is 2.14. The van der Waals surface area contributed by atoms with Gasteiger partial charge in [-0.1, -0.05) is 37.9 Å². The summed E-state index contributed by atoms with van der Waals surface area (Å²) < 4.78 is 0. The van der Waals surface area contributed by atoms with Crippen LogP contribution in [0.3, 0.4) is 0 Å². The molecule has 1 unspecified atom stereocenters. The Morgan fingerprint density at radius 3 is 2.67 bits per heavy atom. The van der Waals surface area contributed by atoms with Gasteiger partial charge in [-0.3, -0.25) is 0 Å². The van der Waals surface area contributed by atoms with Crippen LogP contribution in [0.1, 0.15) is 39.2 Å². The fraction of sp³-hybridized carbons (Fsp3) is 0.600. The van der Waals surface area contributed by atoms with Crippen molar-refractivity contribution in [3.8, 4) is 0 Å². The summed E-state index contributed by atoms with van der Waals surface area (Å²) in [6.45, 7) is 8.39. The molecule has 1 N–H and O–H groups in total. The van der Waals surface area contributed by atoms with Crippen LogP contribution in [-0.4, -0.2) is 19.6 Å². The molecule has 0 aliphatic rings. The zero-order valence-electron chi connectivity index (χ0n) is 12.0. The molecule has 102 valence electrons. The number of hydrogen-bond donors (Lipinski definition) is 1. The third-order valence-corrected chi connectivity index (χ3v) is 3.75. The summed E-state index contributed by atoms with van der Waals surface area (Å²) in [6.07, 6.45) is 2.40. The van der Waals surface area contributed by atoms with Gasteiger partial charge >= 0.3 is 0 Å². The van der Waals surface area contributed by atoms with Gasteiger partial charge in [0.2, 0.25) is 0 Å². The van der Waals surface area contributed by atoms with Gasteiger partial charge in [0, 0.05) is 35.9 Å². The third kappa shape index (κ3) is 3.89. The van der Waals surface area contributed by atoms with Crippen molar-refractivity contribution >= 4 is 17.3 Å². The van der Waals surface area contributed by atoms with Gasteiger partial charge in [0.05, 0.1) is 0 Å². The van der Waals surface area contributed by atoms with E-state index in [0.29, 0.717) is 6.04 Å². The van der Waals surface area contributed by atoms with E-state index in [4.69, 9.17) is 11.6 Å². The van der Waals surface area contributed by atoms with E-state index >= 15 is 0 Å². The van der Waals surface area contributed by atoms with Crippen molar-refractivity contribution in [2.75, 3.05) is 18.5 Å². The van der Waals surface area contributed by atoms with Crippen LogP contribution >= 0.6 is 11.6 Å². The van der Waals surface area contributed by atoms with Crippen LogP contribution in [0.25, 0.3) is 0 Å². The molecule has 18 heavy (non-hydrogen) atoms. The standard InChI is InChI=1S/C15H25ClN2/c1-5-8-12(3)18(4)15-10-7-9-14(16)13(15)11-17-6-2/h7,9-10,12,17H,5-6,8,11H2,1-4H3. The molecule has 2 nitrogen and oxygen atoms in total. The van der Waals surface area contributed by atoms with Gasteiger partial charge in [-0.05, 0) is 32.0 Å². The lowest BCUT2D eigenvalue weighted by Crippen LogP contribution is -2.30. The fourth-order valence-electron chi connectivity index (χ4n) is 2.15. The van der Waals surface area contributed by atoms with Gasteiger partial charge < -0.3 is 10.2 Å². The van der Waals surface area contributed by atoms with Crippen molar-refractivity contribution in [3.63, 3.8) is 0 Å². The number of rotatable bonds is 7. The highest BCUT2D eigenvalue weighted by Crippen LogP contribution is 2.28. The van der Waals surface area contributed by atoms with E-state index in [-0.39, 0.29) is 0 Å². The average molecular weight is 269 g/mol. The van der Waals surface area contributed by atoms with Crippen LogP contribution in [0, 0.1) is 0 Å². The number of halogens is 1. The maximum absolute atomic E-state index is 6.32. The summed E-state index contributed by atoms with van der Waals surface area (Å²) >= 11 is 6.32. The smallest absolute Gasteiger partial charge is 0.0471 e. The molecule has 3 heteroatoms. The van der Waals surface area contributed by atoms with Crippen LogP contribution in [0.2, 0.25) is 5.02 Å². The van der Waals surface area contributed by atoms with Crippen molar-refractivity contribution in [3.05, 3.63) is 28.8 Å². The van der Waals surface area contributed by atoms with E-state index in [0.717, 1.165) is 18.1 Å². The molecule has 0 fully saturated rings.